The van der Waals surface area contributed by atoms with Crippen LogP contribution in [0.5, 0.6) is 5.75 Å². The van der Waals surface area contributed by atoms with Crippen LogP contribution >= 0.6 is 11.3 Å². The van der Waals surface area contributed by atoms with Gasteiger partial charge in [0.05, 0.1) is 12.3 Å². The van der Waals surface area contributed by atoms with E-state index in [2.05, 4.69) is 50.0 Å². The average molecular weight is 395 g/mol. The molecule has 0 N–H and O–H groups in total. The van der Waals surface area contributed by atoms with E-state index < -0.39 is 0 Å². The van der Waals surface area contributed by atoms with Gasteiger partial charge in [0.25, 0.3) is 5.91 Å². The summed E-state index contributed by atoms with van der Waals surface area (Å²) in [5.41, 5.74) is 4.01. The van der Waals surface area contributed by atoms with Crippen LogP contribution in [0.2, 0.25) is 0 Å². The van der Waals surface area contributed by atoms with Gasteiger partial charge in [0.1, 0.15) is 5.75 Å². The number of aromatic nitrogens is 1. The van der Waals surface area contributed by atoms with Gasteiger partial charge in [-0.15, -0.1) is 11.3 Å². The minimum absolute atomic E-state index is 0.243. The zero-order valence-electron chi connectivity index (χ0n) is 16.9. The second-order valence-electron chi connectivity index (χ2n) is 6.86. The van der Waals surface area contributed by atoms with E-state index in [0.29, 0.717) is 17.0 Å². The lowest BCUT2D eigenvalue weighted by Crippen LogP contribution is -2.14. The second kappa shape index (κ2) is 9.02. The summed E-state index contributed by atoms with van der Waals surface area (Å²) in [6, 6.07) is 15.6. The van der Waals surface area contributed by atoms with Crippen LogP contribution in [0.15, 0.2) is 53.5 Å². The standard InChI is InChI=1S/C23H26N2O2S/c1-5-6-15-27-20-13-11-19(12-14-20)22(26)24-23-25(4)21(17(3)28-23)18-9-7-16(2)8-10-18/h7-14H,5-6,15H2,1-4H3. The van der Waals surface area contributed by atoms with Gasteiger partial charge < -0.3 is 9.30 Å². The fraction of sp³-hybridized carbons (Fsp3) is 0.304. The minimum atomic E-state index is -0.243. The summed E-state index contributed by atoms with van der Waals surface area (Å²) in [6.07, 6.45) is 2.12. The van der Waals surface area contributed by atoms with E-state index in [-0.39, 0.29) is 5.91 Å². The van der Waals surface area contributed by atoms with Crippen molar-refractivity contribution >= 4 is 17.2 Å². The molecule has 0 aliphatic heterocycles. The van der Waals surface area contributed by atoms with Crippen LogP contribution in [-0.2, 0) is 7.05 Å². The normalized spacial score (nSPS) is 11.6. The molecule has 0 atom stereocenters. The zero-order valence-corrected chi connectivity index (χ0v) is 17.7. The number of amides is 1. The first-order valence-corrected chi connectivity index (χ1v) is 10.4. The van der Waals surface area contributed by atoms with E-state index >= 15 is 0 Å². The largest absolute Gasteiger partial charge is 0.494 e. The van der Waals surface area contributed by atoms with Crippen LogP contribution in [-0.4, -0.2) is 17.1 Å². The summed E-state index contributed by atoms with van der Waals surface area (Å²) in [6.45, 7) is 6.96. The molecule has 146 valence electrons. The number of hydrogen-bond acceptors (Lipinski definition) is 3. The number of carbonyl (C=O) groups is 1. The molecule has 0 saturated heterocycles. The van der Waals surface area contributed by atoms with Crippen LogP contribution in [0.3, 0.4) is 0 Å². The van der Waals surface area contributed by atoms with Crippen molar-refractivity contribution in [2.45, 2.75) is 33.6 Å². The highest BCUT2D eigenvalue weighted by Gasteiger charge is 2.12. The van der Waals surface area contributed by atoms with E-state index in [0.717, 1.165) is 34.7 Å². The summed E-state index contributed by atoms with van der Waals surface area (Å²) >= 11 is 1.53. The van der Waals surface area contributed by atoms with Gasteiger partial charge in [0, 0.05) is 17.5 Å². The number of unbranched alkanes of at least 4 members (excludes halogenated alkanes) is 1. The molecule has 28 heavy (non-hydrogen) atoms. The zero-order chi connectivity index (χ0) is 20.1. The topological polar surface area (TPSA) is 43.6 Å². The van der Waals surface area contributed by atoms with E-state index in [1.807, 2.05) is 23.7 Å². The van der Waals surface area contributed by atoms with Crippen molar-refractivity contribution in [1.29, 1.82) is 0 Å². The lowest BCUT2D eigenvalue weighted by atomic mass is 10.1. The number of hydrogen-bond donors (Lipinski definition) is 0. The molecule has 3 aromatic rings. The molecule has 5 heteroatoms. The van der Waals surface area contributed by atoms with E-state index in [4.69, 9.17) is 4.74 Å². The van der Waals surface area contributed by atoms with E-state index in [1.54, 1.807) is 12.1 Å². The van der Waals surface area contributed by atoms with Gasteiger partial charge in [0.2, 0.25) is 0 Å². The molecule has 1 aromatic heterocycles. The Labute approximate surface area is 170 Å². The molecule has 1 amide bonds. The summed E-state index contributed by atoms with van der Waals surface area (Å²) in [4.78, 5) is 18.8. The summed E-state index contributed by atoms with van der Waals surface area (Å²) in [7, 11) is 1.95. The highest BCUT2D eigenvalue weighted by Crippen LogP contribution is 2.24. The molecule has 3 rings (SSSR count). The van der Waals surface area contributed by atoms with Gasteiger partial charge in [-0.05, 0) is 50.1 Å². The number of benzene rings is 2. The Bertz CT molecular complexity index is 1010. The Hall–Kier alpha value is -2.66. The fourth-order valence-corrected chi connectivity index (χ4v) is 3.95. The number of aryl methyl sites for hydroxylation is 2. The molecule has 0 aliphatic rings. The first-order valence-electron chi connectivity index (χ1n) is 9.55. The predicted molar refractivity (Wildman–Crippen MR) is 115 cm³/mol. The third-order valence-electron chi connectivity index (χ3n) is 4.59. The lowest BCUT2D eigenvalue weighted by molar-refractivity contribution is 0.0998. The first-order chi connectivity index (χ1) is 13.5. The van der Waals surface area contributed by atoms with Crippen molar-refractivity contribution in [3.63, 3.8) is 0 Å². The Morgan fingerprint density at radius 1 is 1.07 bits per heavy atom. The Morgan fingerprint density at radius 2 is 1.75 bits per heavy atom. The van der Waals surface area contributed by atoms with Crippen molar-refractivity contribution in [2.75, 3.05) is 6.61 Å². The fourth-order valence-electron chi connectivity index (χ4n) is 2.97. The van der Waals surface area contributed by atoms with Gasteiger partial charge in [-0.2, -0.15) is 4.99 Å². The summed E-state index contributed by atoms with van der Waals surface area (Å²) in [5, 5.41) is 0. The molecule has 0 unspecified atom stereocenters. The van der Waals surface area contributed by atoms with Crippen molar-refractivity contribution < 1.29 is 9.53 Å². The number of carbonyl (C=O) groups excluding carboxylic acids is 1. The van der Waals surface area contributed by atoms with Crippen molar-refractivity contribution in [3.8, 4) is 17.0 Å². The van der Waals surface area contributed by atoms with Crippen LogP contribution in [0.4, 0.5) is 0 Å². The van der Waals surface area contributed by atoms with Gasteiger partial charge in [-0.25, -0.2) is 0 Å². The summed E-state index contributed by atoms with van der Waals surface area (Å²) < 4.78 is 7.64. The monoisotopic (exact) mass is 394 g/mol. The van der Waals surface area contributed by atoms with Crippen LogP contribution in [0.1, 0.15) is 40.6 Å². The maximum absolute atomic E-state index is 12.6. The minimum Gasteiger partial charge on any atom is -0.494 e. The number of rotatable bonds is 6. The molecular weight excluding hydrogens is 368 g/mol. The molecule has 0 fully saturated rings. The highest BCUT2D eigenvalue weighted by atomic mass is 32.1. The van der Waals surface area contributed by atoms with Crippen molar-refractivity contribution in [1.82, 2.24) is 4.57 Å². The van der Waals surface area contributed by atoms with Gasteiger partial charge >= 0.3 is 0 Å². The predicted octanol–water partition coefficient (Wildman–Crippen LogP) is 5.29. The molecule has 4 nitrogen and oxygen atoms in total. The molecule has 2 aromatic carbocycles. The Morgan fingerprint density at radius 3 is 2.39 bits per heavy atom. The van der Waals surface area contributed by atoms with Crippen LogP contribution < -0.4 is 9.54 Å². The SMILES string of the molecule is CCCCOc1ccc(C(=O)N=c2sc(C)c(-c3ccc(C)cc3)n2C)cc1. The van der Waals surface area contributed by atoms with E-state index in [1.165, 1.54) is 16.9 Å². The van der Waals surface area contributed by atoms with Gasteiger partial charge in [-0.3, -0.25) is 4.79 Å². The molecule has 0 aliphatic carbocycles. The third-order valence-corrected chi connectivity index (χ3v) is 5.64. The van der Waals surface area contributed by atoms with Crippen molar-refractivity contribution in [2.24, 2.45) is 12.0 Å². The second-order valence-corrected chi connectivity index (χ2v) is 8.04. The van der Waals surface area contributed by atoms with Crippen LogP contribution in [0, 0.1) is 13.8 Å². The quantitative estimate of drug-likeness (QED) is 0.533. The number of nitrogens with zero attached hydrogens (tertiary/aromatic N) is 2. The number of thiazole rings is 1. The molecule has 0 radical (unpaired) electrons. The molecule has 1 heterocycles. The molecule has 0 spiro atoms. The lowest BCUT2D eigenvalue weighted by Gasteiger charge is -2.06. The maximum Gasteiger partial charge on any atom is 0.279 e. The third kappa shape index (κ3) is 4.60. The van der Waals surface area contributed by atoms with Crippen molar-refractivity contribution in [3.05, 3.63) is 69.3 Å². The van der Waals surface area contributed by atoms with Crippen LogP contribution in [0.25, 0.3) is 11.3 Å². The molecular formula is C23H26N2O2S. The Balaban J connectivity index is 1.84. The summed E-state index contributed by atoms with van der Waals surface area (Å²) in [5.74, 6) is 0.539. The number of ether oxygens (including phenoxy) is 1. The molecule has 0 bridgehead atoms. The first kappa shape index (κ1) is 20.1. The average Bonchev–Trinajstić information content (AvgIpc) is 2.96. The highest BCUT2D eigenvalue weighted by molar-refractivity contribution is 7.09. The van der Waals surface area contributed by atoms with Gasteiger partial charge in [-0.1, -0.05) is 43.2 Å². The molecule has 0 saturated carbocycles. The smallest absolute Gasteiger partial charge is 0.279 e. The maximum atomic E-state index is 12.6. The van der Waals surface area contributed by atoms with Gasteiger partial charge in [0.15, 0.2) is 4.80 Å². The Kier molecular flexibility index (Phi) is 6.47. The van der Waals surface area contributed by atoms with E-state index in [9.17, 15) is 4.79 Å².